The van der Waals surface area contributed by atoms with Crippen LogP contribution in [0, 0.1) is 6.92 Å². The van der Waals surface area contributed by atoms with Gasteiger partial charge in [0.1, 0.15) is 0 Å². The highest BCUT2D eigenvalue weighted by Gasteiger charge is 1.88. The lowest BCUT2D eigenvalue weighted by atomic mass is 10.2. The zero-order chi connectivity index (χ0) is 11.4. The monoisotopic (exact) mass is 193 g/mol. The van der Waals surface area contributed by atoms with Crippen molar-refractivity contribution in [3.8, 4) is 0 Å². The summed E-state index contributed by atoms with van der Waals surface area (Å²) in [7, 11) is 1.93. The lowest BCUT2D eigenvalue weighted by Crippen LogP contribution is -1.89. The van der Waals surface area contributed by atoms with Crippen LogP contribution in [0.25, 0.3) is 0 Å². The van der Waals surface area contributed by atoms with Crippen molar-refractivity contribution >= 4 is 5.69 Å². The Morgan fingerprint density at radius 1 is 1.21 bits per heavy atom. The number of para-hydroxylation sites is 1. The van der Waals surface area contributed by atoms with Gasteiger partial charge in [0.25, 0.3) is 0 Å². The fourth-order valence-corrected chi connectivity index (χ4v) is 0.853. The van der Waals surface area contributed by atoms with Gasteiger partial charge in [-0.2, -0.15) is 0 Å². The molecule has 1 heteroatoms. The molecule has 1 aromatic rings. The molecule has 0 saturated heterocycles. The van der Waals surface area contributed by atoms with Gasteiger partial charge in [0.2, 0.25) is 0 Å². The van der Waals surface area contributed by atoms with Crippen molar-refractivity contribution in [2.45, 2.75) is 27.7 Å². The molecule has 1 nitrogen and oxygen atoms in total. The summed E-state index contributed by atoms with van der Waals surface area (Å²) < 4.78 is 0. The van der Waals surface area contributed by atoms with Crippen molar-refractivity contribution in [3.63, 3.8) is 0 Å². The number of anilines is 1. The van der Waals surface area contributed by atoms with E-state index in [1.54, 1.807) is 6.08 Å². The number of benzene rings is 1. The Morgan fingerprint density at radius 3 is 1.93 bits per heavy atom. The smallest absolute Gasteiger partial charge is 0.0367 e. The van der Waals surface area contributed by atoms with E-state index in [0.29, 0.717) is 0 Å². The van der Waals surface area contributed by atoms with Crippen molar-refractivity contribution < 1.29 is 0 Å². The molecule has 0 amide bonds. The molecule has 0 bridgehead atoms. The second kappa shape index (κ2) is 11.8. The molecule has 0 saturated carbocycles. The van der Waals surface area contributed by atoms with Crippen LogP contribution in [0.5, 0.6) is 0 Å². The fraction of sp³-hybridized carbons (Fsp3) is 0.385. The molecule has 0 aliphatic rings. The molecule has 1 N–H and O–H groups in total. The van der Waals surface area contributed by atoms with Gasteiger partial charge in [0.05, 0.1) is 0 Å². The quantitative estimate of drug-likeness (QED) is 0.657. The molecule has 1 aromatic carbocycles. The summed E-state index contributed by atoms with van der Waals surface area (Å²) in [6.07, 6.45) is 1.75. The second-order valence-corrected chi connectivity index (χ2v) is 2.47. The predicted octanol–water partition coefficient (Wildman–Crippen LogP) is 4.26. The van der Waals surface area contributed by atoms with Gasteiger partial charge in [-0.1, -0.05) is 38.1 Å². The second-order valence-electron chi connectivity index (χ2n) is 2.47. The van der Waals surface area contributed by atoms with Gasteiger partial charge < -0.3 is 5.32 Å². The van der Waals surface area contributed by atoms with Crippen LogP contribution >= 0.6 is 0 Å². The highest BCUT2D eigenvalue weighted by atomic mass is 14.8. The first-order valence-corrected chi connectivity index (χ1v) is 5.06. The highest BCUT2D eigenvalue weighted by Crippen LogP contribution is 2.10. The van der Waals surface area contributed by atoms with Gasteiger partial charge in [-0.05, 0) is 25.5 Å². The van der Waals surface area contributed by atoms with Crippen LogP contribution in [0.4, 0.5) is 5.69 Å². The van der Waals surface area contributed by atoms with Gasteiger partial charge in [0, 0.05) is 12.7 Å². The Morgan fingerprint density at radius 2 is 1.64 bits per heavy atom. The largest absolute Gasteiger partial charge is 0.388 e. The van der Waals surface area contributed by atoms with E-state index < -0.39 is 0 Å². The normalized spacial score (nSPS) is 7.21. The SMILES string of the molecule is C=CC.CC.CNc1ccccc1C. The van der Waals surface area contributed by atoms with E-state index in [-0.39, 0.29) is 0 Å². The first-order valence-electron chi connectivity index (χ1n) is 5.06. The number of rotatable bonds is 1. The Bertz CT molecular complexity index is 228. The summed E-state index contributed by atoms with van der Waals surface area (Å²) in [5.74, 6) is 0. The molecule has 0 atom stereocenters. The van der Waals surface area contributed by atoms with Crippen LogP contribution in [0.15, 0.2) is 36.9 Å². The summed E-state index contributed by atoms with van der Waals surface area (Å²) in [5, 5.41) is 3.10. The molecule has 1 rings (SSSR count). The van der Waals surface area contributed by atoms with Crippen LogP contribution in [-0.2, 0) is 0 Å². The van der Waals surface area contributed by atoms with Gasteiger partial charge in [-0.15, -0.1) is 6.58 Å². The van der Waals surface area contributed by atoms with Crippen LogP contribution in [0.2, 0.25) is 0 Å². The Kier molecular flexibility index (Phi) is 12.8. The zero-order valence-electron chi connectivity index (χ0n) is 10.1. The van der Waals surface area contributed by atoms with E-state index in [1.165, 1.54) is 11.3 Å². The Labute approximate surface area is 88.9 Å². The summed E-state index contributed by atoms with van der Waals surface area (Å²) in [6.45, 7) is 11.3. The maximum absolute atomic E-state index is 3.36. The zero-order valence-corrected chi connectivity index (χ0v) is 10.1. The van der Waals surface area contributed by atoms with Crippen LogP contribution in [0.3, 0.4) is 0 Å². The maximum atomic E-state index is 3.36. The third-order valence-electron chi connectivity index (χ3n) is 1.41. The highest BCUT2D eigenvalue weighted by molar-refractivity contribution is 5.49. The molecule has 0 aliphatic carbocycles. The minimum absolute atomic E-state index is 1.21. The molecular formula is C13H23N. The molecule has 14 heavy (non-hydrogen) atoms. The van der Waals surface area contributed by atoms with Crippen molar-refractivity contribution in [1.29, 1.82) is 0 Å². The van der Waals surface area contributed by atoms with Gasteiger partial charge >= 0.3 is 0 Å². The molecule has 0 spiro atoms. The van der Waals surface area contributed by atoms with Crippen LogP contribution in [-0.4, -0.2) is 7.05 Å². The first-order chi connectivity index (χ1) is 6.76. The standard InChI is InChI=1S/C8H11N.C3H6.C2H6/c1-7-5-3-4-6-8(7)9-2;1-3-2;1-2/h3-6,9H,1-2H3;3H,1H2,2H3;1-2H3. The number of aryl methyl sites for hydroxylation is 1. The van der Waals surface area contributed by atoms with Crippen LogP contribution in [0.1, 0.15) is 26.3 Å². The van der Waals surface area contributed by atoms with E-state index in [1.807, 2.05) is 40.0 Å². The number of nitrogens with one attached hydrogen (secondary N) is 1. The minimum Gasteiger partial charge on any atom is -0.388 e. The topological polar surface area (TPSA) is 12.0 Å². The maximum Gasteiger partial charge on any atom is 0.0367 e. The molecular weight excluding hydrogens is 170 g/mol. The fourth-order valence-electron chi connectivity index (χ4n) is 0.853. The summed E-state index contributed by atoms with van der Waals surface area (Å²) in [5.41, 5.74) is 2.50. The average molecular weight is 193 g/mol. The minimum atomic E-state index is 1.21. The van der Waals surface area contributed by atoms with E-state index in [4.69, 9.17) is 0 Å². The Balaban J connectivity index is 0. The number of allylic oxidation sites excluding steroid dienone is 1. The van der Waals surface area contributed by atoms with Crippen molar-refractivity contribution in [2.24, 2.45) is 0 Å². The first kappa shape index (κ1) is 15.2. The molecule has 0 fully saturated rings. The van der Waals surface area contributed by atoms with E-state index in [0.717, 1.165) is 0 Å². The molecule has 80 valence electrons. The third kappa shape index (κ3) is 7.41. The molecule has 0 aliphatic heterocycles. The average Bonchev–Trinajstić information content (AvgIpc) is 2.23. The number of hydrogen-bond acceptors (Lipinski definition) is 1. The van der Waals surface area contributed by atoms with Gasteiger partial charge in [0.15, 0.2) is 0 Å². The lowest BCUT2D eigenvalue weighted by Gasteiger charge is -2.01. The van der Waals surface area contributed by atoms with Crippen molar-refractivity contribution in [2.75, 3.05) is 12.4 Å². The molecule has 0 aromatic heterocycles. The summed E-state index contributed by atoms with van der Waals surface area (Å²) >= 11 is 0. The third-order valence-corrected chi connectivity index (χ3v) is 1.41. The summed E-state index contributed by atoms with van der Waals surface area (Å²) in [4.78, 5) is 0. The van der Waals surface area contributed by atoms with E-state index in [2.05, 4.69) is 31.0 Å². The van der Waals surface area contributed by atoms with Gasteiger partial charge in [-0.25, -0.2) is 0 Å². The van der Waals surface area contributed by atoms with Gasteiger partial charge in [-0.3, -0.25) is 0 Å². The number of hydrogen-bond donors (Lipinski definition) is 1. The predicted molar refractivity (Wildman–Crippen MR) is 67.9 cm³/mol. The lowest BCUT2D eigenvalue weighted by molar-refractivity contribution is 1.41. The molecule has 0 heterocycles. The van der Waals surface area contributed by atoms with E-state index in [9.17, 15) is 0 Å². The van der Waals surface area contributed by atoms with Crippen LogP contribution < -0.4 is 5.32 Å². The van der Waals surface area contributed by atoms with Crippen molar-refractivity contribution in [3.05, 3.63) is 42.5 Å². The van der Waals surface area contributed by atoms with E-state index >= 15 is 0 Å². The van der Waals surface area contributed by atoms with Crippen molar-refractivity contribution in [1.82, 2.24) is 0 Å². The summed E-state index contributed by atoms with van der Waals surface area (Å²) in [6, 6.07) is 8.22. The Hall–Kier alpha value is -1.24. The molecule has 0 radical (unpaired) electrons. The molecule has 0 unspecified atom stereocenters.